The van der Waals surface area contributed by atoms with E-state index in [9.17, 15) is 0 Å². The molecule has 10 aromatic heterocycles. The third kappa shape index (κ3) is 18.8. The van der Waals surface area contributed by atoms with Crippen LogP contribution in [-0.2, 0) is 80.4 Å². The Kier molecular flexibility index (Phi) is 27.8. The van der Waals surface area contributed by atoms with E-state index in [1.165, 1.54) is 57.0 Å². The van der Waals surface area contributed by atoms with Crippen LogP contribution in [0, 0.1) is 77.9 Å². The number of hydrogen-bond donors (Lipinski definition) is 0. The Balaban J connectivity index is 0.000000131. The zero-order valence-electron chi connectivity index (χ0n) is 60.5. The maximum atomic E-state index is 6.13. The van der Waals surface area contributed by atoms with Crippen LogP contribution < -0.4 is 0 Å². The fourth-order valence-electron chi connectivity index (χ4n) is 12.4. The molecule has 20 aromatic rings. The van der Waals surface area contributed by atoms with Gasteiger partial charge in [-0.1, -0.05) is 178 Å². The Morgan fingerprint density at radius 3 is 1.19 bits per heavy atom. The van der Waals surface area contributed by atoms with E-state index in [1.54, 1.807) is 0 Å². The molecule has 110 heavy (non-hydrogen) atoms. The molecule has 0 amide bonds. The molecule has 8 nitrogen and oxygen atoms in total. The predicted octanol–water partition coefficient (Wildman–Crippen LogP) is 25.7. The topological polar surface area (TPSA) is 104 Å². The normalized spacial score (nSPS) is 10.5. The average Bonchev–Trinajstić information content (AvgIpc) is 1.59. The van der Waals surface area contributed by atoms with Crippen LogP contribution in [0.2, 0.25) is 0 Å². The van der Waals surface area contributed by atoms with Crippen LogP contribution in [0.1, 0.15) is 33.4 Å². The predicted molar refractivity (Wildman–Crippen MR) is 440 cm³/mol. The number of nitrogens with zero attached hydrogens (tertiary/aromatic N) is 6. The number of aryl methyl sites for hydroxylation is 6. The molecule has 0 saturated carbocycles. The van der Waals surface area contributed by atoms with Gasteiger partial charge < -0.3 is 38.7 Å². The van der Waals surface area contributed by atoms with E-state index in [1.807, 2.05) is 221 Å². The summed E-state index contributed by atoms with van der Waals surface area (Å²) in [5, 5.41) is 9.71. The van der Waals surface area contributed by atoms with Gasteiger partial charge in [-0.2, -0.15) is 22.7 Å². The van der Waals surface area contributed by atoms with Crippen molar-refractivity contribution >= 4 is 107 Å². The van der Waals surface area contributed by atoms with E-state index in [0.717, 1.165) is 128 Å². The molecule has 0 N–H and O–H groups in total. The first-order valence-corrected chi connectivity index (χ1v) is 36.5. The standard InChI is InChI=1S/C19H14NO.C18H12NO.C18H12NS.C17H10NS.2C12H10N.4Ir/c1-12-9-10-17(20-11-12)16-8-4-7-15-14-6-3-5-13(2)18(14)21-19(15)16;1-12-9-10-16(19-11-12)15-7-4-6-14-13-5-2-3-8-17(13)20-18(14)15;1-12-8-9-19-16(10-12)13-6-7-18-15(11-13)14-4-2-3-5-17(14)20-18;1-2-7-16-13(5-1)14-11-12(8-9-17(14)19-16)15-6-3-4-10-18-15;2*1-10-7-8-12(13-9-10)11-5-3-2-4-6-11;;;;/h3-7,9-11H,1-2H3;2-6,8-11H,1H3;2-5,7-11H,1H3;1-7,9-11H;2*2-5,7-9H,1H3;;;;/q6*-1;;;;. The van der Waals surface area contributed by atoms with Gasteiger partial charge in [-0.3, -0.25) is 0 Å². The first-order valence-electron chi connectivity index (χ1n) is 34.8. The third-order valence-electron chi connectivity index (χ3n) is 17.9. The number of fused-ring (bicyclic) bond motifs is 12. The molecule has 0 aliphatic rings. The van der Waals surface area contributed by atoms with E-state index >= 15 is 0 Å². The van der Waals surface area contributed by atoms with E-state index in [4.69, 9.17) is 8.83 Å². The summed E-state index contributed by atoms with van der Waals surface area (Å²) in [4.78, 5) is 26.5. The zero-order chi connectivity index (χ0) is 72.3. The SMILES string of the molecule is Cc1ccc(-c2[c-]ccc3c2oc2c(C)cccc23)nc1.Cc1ccc(-c2[c-]ccc3c2oc2ccccc23)nc1.Cc1ccc(-c2[c-]cccc2)nc1.Cc1ccc(-c2[c-]cccc2)nc1.Cc1ccnc(-c2[c-]cc3sc4ccccc4c3c2)c1.[Ir].[Ir].[Ir].[Ir].[c-]1cc2sc3ccccc3c2cc1-c1ccccn1. The molecule has 14 heteroatoms. The van der Waals surface area contributed by atoms with Crippen molar-refractivity contribution in [2.45, 2.75) is 41.5 Å². The molecule has 10 aromatic carbocycles. The van der Waals surface area contributed by atoms with Crippen LogP contribution in [0.3, 0.4) is 0 Å². The quantitative estimate of drug-likeness (QED) is 0.152. The van der Waals surface area contributed by atoms with Gasteiger partial charge in [0.05, 0.1) is 11.2 Å². The Morgan fingerprint density at radius 1 is 0.264 bits per heavy atom. The van der Waals surface area contributed by atoms with Crippen LogP contribution in [0.25, 0.3) is 152 Å². The number of thiophene rings is 2. The van der Waals surface area contributed by atoms with Gasteiger partial charge in [0.15, 0.2) is 0 Å². The van der Waals surface area contributed by atoms with E-state index in [2.05, 4.69) is 214 Å². The summed E-state index contributed by atoms with van der Waals surface area (Å²) in [6.07, 6.45) is 11.2. The van der Waals surface area contributed by atoms with Gasteiger partial charge in [0, 0.05) is 138 Å². The Labute approximate surface area is 702 Å². The van der Waals surface area contributed by atoms with E-state index in [-0.39, 0.29) is 80.4 Å². The van der Waals surface area contributed by atoms with Crippen molar-refractivity contribution in [3.63, 3.8) is 0 Å². The van der Waals surface area contributed by atoms with Crippen molar-refractivity contribution in [3.8, 4) is 67.5 Å². The molecule has 0 saturated heterocycles. The number of para-hydroxylation sites is 2. The zero-order valence-corrected chi connectivity index (χ0v) is 71.7. The van der Waals surface area contributed by atoms with Crippen molar-refractivity contribution in [2.75, 3.05) is 0 Å². The molecule has 20 rings (SSSR count). The summed E-state index contributed by atoms with van der Waals surface area (Å²) in [5.74, 6) is 0. The summed E-state index contributed by atoms with van der Waals surface area (Å²) in [5.41, 5.74) is 22.3. The second-order valence-corrected chi connectivity index (χ2v) is 27.8. The van der Waals surface area contributed by atoms with Gasteiger partial charge in [-0.05, 0) is 154 Å². The van der Waals surface area contributed by atoms with Crippen molar-refractivity contribution in [2.24, 2.45) is 0 Å². The molecule has 0 atom stereocenters. The monoisotopic (exact) mass is 2170 g/mol. The van der Waals surface area contributed by atoms with Crippen molar-refractivity contribution in [3.05, 3.63) is 374 Å². The number of benzene rings is 10. The first-order chi connectivity index (χ1) is 52.0. The molecule has 0 unspecified atom stereocenters. The molecule has 10 heterocycles. The minimum absolute atomic E-state index is 0. The van der Waals surface area contributed by atoms with Gasteiger partial charge >= 0.3 is 0 Å². The molecule has 0 aliphatic carbocycles. The van der Waals surface area contributed by atoms with Crippen LogP contribution in [0.4, 0.5) is 0 Å². The summed E-state index contributed by atoms with van der Waals surface area (Å²) < 4.78 is 17.3. The Bertz CT molecular complexity index is 6320. The van der Waals surface area contributed by atoms with Crippen molar-refractivity contribution in [1.29, 1.82) is 0 Å². The number of aromatic nitrogens is 6. The fraction of sp³-hybridized carbons (Fsp3) is 0.0625. The summed E-state index contributed by atoms with van der Waals surface area (Å²) in [7, 11) is 0. The van der Waals surface area contributed by atoms with Crippen molar-refractivity contribution in [1.82, 2.24) is 29.9 Å². The van der Waals surface area contributed by atoms with E-state index < -0.39 is 0 Å². The smallest absolute Gasteiger partial charge is 0.123 e. The minimum Gasteiger partial charge on any atom is -0.501 e. The molecular weight excluding hydrogens is 2100 g/mol. The summed E-state index contributed by atoms with van der Waals surface area (Å²) >= 11 is 3.63. The largest absolute Gasteiger partial charge is 0.501 e. The molecule has 4 radical (unpaired) electrons. The molecule has 0 spiro atoms. The first kappa shape index (κ1) is 80.7. The van der Waals surface area contributed by atoms with Gasteiger partial charge in [0.1, 0.15) is 11.2 Å². The van der Waals surface area contributed by atoms with Gasteiger partial charge in [0.25, 0.3) is 0 Å². The van der Waals surface area contributed by atoms with Crippen molar-refractivity contribution < 1.29 is 89.3 Å². The second kappa shape index (κ2) is 37.9. The molecule has 0 aliphatic heterocycles. The number of pyridine rings is 6. The van der Waals surface area contributed by atoms with Gasteiger partial charge in [0.2, 0.25) is 0 Å². The maximum Gasteiger partial charge on any atom is 0.123 e. The summed E-state index contributed by atoms with van der Waals surface area (Å²) in [6.45, 7) is 12.3. The number of rotatable bonds is 6. The molecular formula is C96H68Ir4N6O2S2-6. The van der Waals surface area contributed by atoms with E-state index in [0.29, 0.717) is 0 Å². The van der Waals surface area contributed by atoms with Crippen LogP contribution >= 0.6 is 22.7 Å². The van der Waals surface area contributed by atoms with Gasteiger partial charge in [-0.15, -0.1) is 156 Å². The van der Waals surface area contributed by atoms with Crippen LogP contribution in [0.5, 0.6) is 0 Å². The van der Waals surface area contributed by atoms with Gasteiger partial charge in [-0.25, -0.2) is 0 Å². The second-order valence-electron chi connectivity index (χ2n) is 25.7. The number of furan rings is 2. The average molecular weight is 2170 g/mol. The minimum atomic E-state index is 0. The molecule has 0 bridgehead atoms. The molecule has 548 valence electrons. The van der Waals surface area contributed by atoms with Crippen LogP contribution in [-0.4, -0.2) is 29.9 Å². The summed E-state index contributed by atoms with van der Waals surface area (Å²) in [6, 6.07) is 109. The maximum absolute atomic E-state index is 6.13. The third-order valence-corrected chi connectivity index (χ3v) is 20.1. The molecule has 0 fully saturated rings. The fourth-order valence-corrected chi connectivity index (χ4v) is 14.5. The number of hydrogen-bond acceptors (Lipinski definition) is 10. The van der Waals surface area contributed by atoms with Crippen LogP contribution in [0.15, 0.2) is 313 Å². The Hall–Kier alpha value is -10.3. The Morgan fingerprint density at radius 2 is 0.700 bits per heavy atom.